The van der Waals surface area contributed by atoms with Crippen LogP contribution >= 0.6 is 38.9 Å². The van der Waals surface area contributed by atoms with Crippen molar-refractivity contribution >= 4 is 54.9 Å². The van der Waals surface area contributed by atoms with E-state index >= 15 is 0 Å². The van der Waals surface area contributed by atoms with Crippen LogP contribution in [0.3, 0.4) is 0 Å². The number of carbonyl (C=O) groups is 1. The number of nitrogens with one attached hydrogen (secondary N) is 1. The molecule has 0 bridgehead atoms. The molecule has 0 saturated heterocycles. The highest BCUT2D eigenvalue weighted by Crippen LogP contribution is 2.37. The van der Waals surface area contributed by atoms with Gasteiger partial charge in [0.15, 0.2) is 11.5 Å². The molecule has 0 fully saturated rings. The van der Waals surface area contributed by atoms with E-state index in [0.717, 1.165) is 25.9 Å². The summed E-state index contributed by atoms with van der Waals surface area (Å²) in [6, 6.07) is 11.4. The van der Waals surface area contributed by atoms with E-state index in [1.54, 1.807) is 0 Å². The second-order valence-electron chi connectivity index (χ2n) is 5.26. The molecule has 1 aliphatic rings. The van der Waals surface area contributed by atoms with Gasteiger partial charge >= 0.3 is 0 Å². The van der Waals surface area contributed by atoms with E-state index in [1.165, 1.54) is 11.3 Å². The van der Waals surface area contributed by atoms with Crippen LogP contribution in [-0.2, 0) is 6.54 Å². The Bertz CT molecular complexity index is 956. The van der Waals surface area contributed by atoms with E-state index in [-0.39, 0.29) is 12.7 Å². The number of hydrogen-bond donors (Lipinski definition) is 1. The zero-order valence-electron chi connectivity index (χ0n) is 12.3. The Morgan fingerprint density at radius 2 is 2.04 bits per heavy atom. The van der Waals surface area contributed by atoms with Gasteiger partial charge in [-0.05, 0) is 29.8 Å². The van der Waals surface area contributed by atoms with Gasteiger partial charge in [-0.1, -0.05) is 39.7 Å². The van der Waals surface area contributed by atoms with Crippen LogP contribution in [0.2, 0.25) is 5.02 Å². The highest BCUT2D eigenvalue weighted by Gasteiger charge is 2.18. The van der Waals surface area contributed by atoms with Gasteiger partial charge in [-0.2, -0.15) is 0 Å². The minimum Gasteiger partial charge on any atom is -0.454 e. The van der Waals surface area contributed by atoms with Crippen LogP contribution < -0.4 is 14.8 Å². The molecule has 0 atom stereocenters. The summed E-state index contributed by atoms with van der Waals surface area (Å²) in [5.74, 6) is 1.24. The Hall–Kier alpha value is -1.76. The number of hydrogen-bond acceptors (Lipinski definition) is 4. The Labute approximate surface area is 155 Å². The predicted molar refractivity (Wildman–Crippen MR) is 98.3 cm³/mol. The van der Waals surface area contributed by atoms with Gasteiger partial charge in [0.2, 0.25) is 6.79 Å². The van der Waals surface area contributed by atoms with Crippen molar-refractivity contribution in [2.24, 2.45) is 0 Å². The third-order valence-electron chi connectivity index (χ3n) is 3.69. The SMILES string of the molecule is O=C(NCc1ccc2c(c1)OCO2)c1sc2cc(Br)ccc2c1Cl. The molecule has 0 spiro atoms. The van der Waals surface area contributed by atoms with Gasteiger partial charge < -0.3 is 14.8 Å². The first-order valence-electron chi connectivity index (χ1n) is 7.16. The smallest absolute Gasteiger partial charge is 0.263 e. The van der Waals surface area contributed by atoms with Crippen molar-refractivity contribution in [1.29, 1.82) is 0 Å². The zero-order valence-corrected chi connectivity index (χ0v) is 15.4. The third kappa shape index (κ3) is 2.85. The Morgan fingerprint density at radius 3 is 2.92 bits per heavy atom. The number of rotatable bonds is 3. The molecular weight excluding hydrogens is 414 g/mol. The van der Waals surface area contributed by atoms with Gasteiger partial charge in [0.1, 0.15) is 4.88 Å². The Morgan fingerprint density at radius 1 is 1.21 bits per heavy atom. The lowest BCUT2D eigenvalue weighted by Gasteiger charge is -2.05. The highest BCUT2D eigenvalue weighted by molar-refractivity contribution is 9.10. The highest BCUT2D eigenvalue weighted by atomic mass is 79.9. The normalized spacial score (nSPS) is 12.6. The zero-order chi connectivity index (χ0) is 16.7. The van der Waals surface area contributed by atoms with Crippen LogP contribution in [0.15, 0.2) is 40.9 Å². The number of carbonyl (C=O) groups excluding carboxylic acids is 1. The van der Waals surface area contributed by atoms with Crippen molar-refractivity contribution in [3.8, 4) is 11.5 Å². The Kier molecular flexibility index (Phi) is 4.12. The van der Waals surface area contributed by atoms with Crippen molar-refractivity contribution in [2.75, 3.05) is 6.79 Å². The number of benzene rings is 2. The summed E-state index contributed by atoms with van der Waals surface area (Å²) in [6.45, 7) is 0.627. The number of thiophene rings is 1. The molecule has 0 aliphatic carbocycles. The molecule has 0 radical (unpaired) electrons. The minimum atomic E-state index is -0.185. The second-order valence-corrected chi connectivity index (χ2v) is 7.60. The van der Waals surface area contributed by atoms with Gasteiger partial charge in [0, 0.05) is 21.1 Å². The fraction of sp³-hybridized carbons (Fsp3) is 0.118. The second kappa shape index (κ2) is 6.27. The molecule has 2 heterocycles. The lowest BCUT2D eigenvalue weighted by Crippen LogP contribution is -2.22. The van der Waals surface area contributed by atoms with E-state index in [0.29, 0.717) is 22.2 Å². The molecular formula is C17H11BrClNO3S. The number of halogens is 2. The van der Waals surface area contributed by atoms with E-state index in [4.69, 9.17) is 21.1 Å². The average molecular weight is 425 g/mol. The molecule has 0 saturated carbocycles. The van der Waals surface area contributed by atoms with Gasteiger partial charge in [0.05, 0.1) is 5.02 Å². The topological polar surface area (TPSA) is 47.6 Å². The standard InChI is InChI=1S/C17H11BrClNO3S/c18-10-2-3-11-14(6-10)24-16(15(11)19)17(21)20-7-9-1-4-12-13(5-9)23-8-22-12/h1-6H,7-8H2,(H,20,21). The fourth-order valence-corrected chi connectivity index (χ4v) is 4.48. The molecule has 122 valence electrons. The molecule has 4 nitrogen and oxygen atoms in total. The fourth-order valence-electron chi connectivity index (χ4n) is 2.50. The summed E-state index contributed by atoms with van der Waals surface area (Å²) in [6.07, 6.45) is 0. The monoisotopic (exact) mass is 423 g/mol. The van der Waals surface area contributed by atoms with Crippen molar-refractivity contribution in [3.05, 3.63) is 56.3 Å². The van der Waals surface area contributed by atoms with E-state index in [1.807, 2.05) is 36.4 Å². The van der Waals surface area contributed by atoms with Gasteiger partial charge in [0.25, 0.3) is 5.91 Å². The Balaban J connectivity index is 1.53. The van der Waals surface area contributed by atoms with Crippen molar-refractivity contribution in [3.63, 3.8) is 0 Å². The summed E-state index contributed by atoms with van der Waals surface area (Å²) in [4.78, 5) is 13.0. The lowest BCUT2D eigenvalue weighted by molar-refractivity contribution is 0.0955. The summed E-state index contributed by atoms with van der Waals surface area (Å²) >= 11 is 11.2. The van der Waals surface area contributed by atoms with Crippen LogP contribution in [0.25, 0.3) is 10.1 Å². The lowest BCUT2D eigenvalue weighted by atomic mass is 10.2. The van der Waals surface area contributed by atoms with Crippen molar-refractivity contribution in [1.82, 2.24) is 5.32 Å². The summed E-state index contributed by atoms with van der Waals surface area (Å²) in [5.41, 5.74) is 0.938. The summed E-state index contributed by atoms with van der Waals surface area (Å²) in [7, 11) is 0. The molecule has 24 heavy (non-hydrogen) atoms. The molecule has 1 N–H and O–H groups in total. The van der Waals surface area contributed by atoms with E-state index in [2.05, 4.69) is 21.2 Å². The van der Waals surface area contributed by atoms with Gasteiger partial charge in [-0.25, -0.2) is 0 Å². The van der Waals surface area contributed by atoms with E-state index < -0.39 is 0 Å². The summed E-state index contributed by atoms with van der Waals surface area (Å²) < 4.78 is 12.6. The van der Waals surface area contributed by atoms with E-state index in [9.17, 15) is 4.79 Å². The maximum atomic E-state index is 12.5. The average Bonchev–Trinajstić information content (AvgIpc) is 3.16. The first kappa shape index (κ1) is 15.7. The van der Waals surface area contributed by atoms with Gasteiger partial charge in [-0.15, -0.1) is 11.3 Å². The minimum absolute atomic E-state index is 0.185. The van der Waals surface area contributed by atoms with Crippen LogP contribution in [0.1, 0.15) is 15.2 Å². The van der Waals surface area contributed by atoms with Gasteiger partial charge in [-0.3, -0.25) is 4.79 Å². The molecule has 4 rings (SSSR count). The molecule has 1 amide bonds. The molecule has 7 heteroatoms. The van der Waals surface area contributed by atoms with Crippen molar-refractivity contribution in [2.45, 2.75) is 6.54 Å². The van der Waals surface area contributed by atoms with Crippen LogP contribution in [0, 0.1) is 0 Å². The summed E-state index contributed by atoms with van der Waals surface area (Å²) in [5, 5.41) is 4.28. The molecule has 0 unspecified atom stereocenters. The molecule has 1 aliphatic heterocycles. The molecule has 2 aromatic carbocycles. The number of amides is 1. The first-order valence-corrected chi connectivity index (χ1v) is 9.15. The number of ether oxygens (including phenoxy) is 2. The molecule has 3 aromatic rings. The maximum absolute atomic E-state index is 12.5. The largest absolute Gasteiger partial charge is 0.454 e. The first-order chi connectivity index (χ1) is 11.6. The molecule has 1 aromatic heterocycles. The predicted octanol–water partition coefficient (Wildman–Crippen LogP) is 4.98. The quantitative estimate of drug-likeness (QED) is 0.645. The van der Waals surface area contributed by atoms with Crippen molar-refractivity contribution < 1.29 is 14.3 Å². The third-order valence-corrected chi connectivity index (χ3v) is 5.84. The number of fused-ring (bicyclic) bond motifs is 2. The van der Waals surface area contributed by atoms with Crippen LogP contribution in [-0.4, -0.2) is 12.7 Å². The van der Waals surface area contributed by atoms with Crippen LogP contribution in [0.5, 0.6) is 11.5 Å². The maximum Gasteiger partial charge on any atom is 0.263 e. The van der Waals surface area contributed by atoms with Crippen LogP contribution in [0.4, 0.5) is 0 Å².